The van der Waals surface area contributed by atoms with Crippen LogP contribution in [0.3, 0.4) is 0 Å². The molecule has 2 N–H and O–H groups in total. The number of carbonyl (C=O) groups excluding carboxylic acids is 2. The summed E-state index contributed by atoms with van der Waals surface area (Å²) in [5.41, 5.74) is 4.84. The van der Waals surface area contributed by atoms with Gasteiger partial charge in [-0.05, 0) is 50.2 Å². The van der Waals surface area contributed by atoms with E-state index in [2.05, 4.69) is 31.3 Å². The second kappa shape index (κ2) is 13.2. The number of benzene rings is 3. The van der Waals surface area contributed by atoms with Gasteiger partial charge in [-0.25, -0.2) is 9.36 Å². The highest BCUT2D eigenvalue weighted by molar-refractivity contribution is 5.91. The molecule has 0 fully saturated rings. The van der Waals surface area contributed by atoms with E-state index >= 15 is 0 Å². The molecule has 0 aliphatic heterocycles. The number of nitrogens with one attached hydrogen (secondary N) is 2. The van der Waals surface area contributed by atoms with Gasteiger partial charge in [0.15, 0.2) is 0 Å². The molecule has 0 aliphatic rings. The van der Waals surface area contributed by atoms with Crippen LogP contribution in [0.4, 0.5) is 11.4 Å². The molecule has 0 spiro atoms. The molecule has 0 unspecified atom stereocenters. The lowest BCUT2D eigenvalue weighted by molar-refractivity contribution is -0.117. The molecule has 0 aliphatic carbocycles. The van der Waals surface area contributed by atoms with Crippen LogP contribution in [-0.4, -0.2) is 41.8 Å². The number of anilines is 2. The summed E-state index contributed by atoms with van der Waals surface area (Å²) >= 11 is 0. The number of nitrogens with zero attached hydrogens (tertiary/aromatic N) is 6. The van der Waals surface area contributed by atoms with Gasteiger partial charge in [-0.15, -0.1) is 10.2 Å². The van der Waals surface area contributed by atoms with Crippen LogP contribution in [0.2, 0.25) is 0 Å². The highest BCUT2D eigenvalue weighted by Gasteiger charge is 2.10. The van der Waals surface area contributed by atoms with Crippen LogP contribution in [0.15, 0.2) is 85.2 Å². The number of hydrogen-bond donors (Lipinski definition) is 2. The average Bonchev–Trinajstić information content (AvgIpc) is 3.62. The smallest absolute Gasteiger partial charge is 0.246 e. The molecule has 3 aromatic carbocycles. The monoisotopic (exact) mass is 566 g/mol. The first-order chi connectivity index (χ1) is 20.4. The summed E-state index contributed by atoms with van der Waals surface area (Å²) in [6.45, 7) is 4.38. The first kappa shape index (κ1) is 28.0. The summed E-state index contributed by atoms with van der Waals surface area (Å²) in [5.74, 6) is 0.754. The summed E-state index contributed by atoms with van der Waals surface area (Å²) in [6.07, 6.45) is 3.33. The number of aryl methyl sites for hydroxylation is 2. The van der Waals surface area contributed by atoms with E-state index in [1.165, 1.54) is 9.36 Å². The molecule has 2 amide bonds. The third-order valence-electron chi connectivity index (χ3n) is 6.03. The van der Waals surface area contributed by atoms with E-state index in [-0.39, 0.29) is 38.1 Å². The molecule has 0 atom stereocenters. The second-order valence-electron chi connectivity index (χ2n) is 9.70. The van der Waals surface area contributed by atoms with Gasteiger partial charge in [0.2, 0.25) is 11.8 Å². The SMILES string of the molecule is Cc1ccc(NC(=O)Cn2cc(COc3cccc(OCc4cn(CC(=O)Nc5ccc(C)cc5)nn4)c3)nn2)cc1. The van der Waals surface area contributed by atoms with Crippen LogP contribution in [-0.2, 0) is 35.9 Å². The Morgan fingerprint density at radius 1 is 0.667 bits per heavy atom. The van der Waals surface area contributed by atoms with E-state index < -0.39 is 0 Å². The van der Waals surface area contributed by atoms with Crippen molar-refractivity contribution in [3.8, 4) is 11.5 Å². The van der Waals surface area contributed by atoms with E-state index in [0.29, 0.717) is 22.9 Å². The molecular formula is C30H30N8O4. The van der Waals surface area contributed by atoms with E-state index in [4.69, 9.17) is 9.47 Å². The lowest BCUT2D eigenvalue weighted by atomic mass is 10.2. The van der Waals surface area contributed by atoms with Crippen molar-refractivity contribution < 1.29 is 19.1 Å². The molecular weight excluding hydrogens is 536 g/mol. The van der Waals surface area contributed by atoms with Crippen LogP contribution in [0.1, 0.15) is 22.5 Å². The summed E-state index contributed by atoms with van der Waals surface area (Å²) in [5, 5.41) is 21.9. The van der Waals surface area contributed by atoms with E-state index in [1.54, 1.807) is 30.6 Å². The Morgan fingerprint density at radius 2 is 1.10 bits per heavy atom. The molecule has 2 aromatic heterocycles. The molecule has 5 aromatic rings. The van der Waals surface area contributed by atoms with E-state index in [1.807, 2.05) is 68.4 Å². The normalized spacial score (nSPS) is 10.7. The first-order valence-corrected chi connectivity index (χ1v) is 13.2. The molecule has 12 nitrogen and oxygen atoms in total. The Bertz CT molecular complexity index is 1530. The van der Waals surface area contributed by atoms with Crippen molar-refractivity contribution >= 4 is 23.2 Å². The van der Waals surface area contributed by atoms with Crippen molar-refractivity contribution in [1.29, 1.82) is 0 Å². The standard InChI is InChI=1S/C30H30N8O4/c1-21-6-10-23(11-7-21)31-29(39)17-37-15-25(33-35-37)19-41-27-4-3-5-28(14-27)42-20-26-16-38(36-34-26)18-30(40)32-24-12-8-22(2)9-13-24/h3-16H,17-20H2,1-2H3,(H,31,39)(H,32,40). The number of aromatic nitrogens is 6. The number of carbonyl (C=O) groups is 2. The lowest BCUT2D eigenvalue weighted by Gasteiger charge is -2.08. The molecule has 214 valence electrons. The Morgan fingerprint density at radius 3 is 1.52 bits per heavy atom. The van der Waals surface area contributed by atoms with Crippen LogP contribution in [0, 0.1) is 13.8 Å². The molecule has 0 saturated carbocycles. The number of amides is 2. The summed E-state index contributed by atoms with van der Waals surface area (Å²) in [6, 6.07) is 22.3. The minimum Gasteiger partial charge on any atom is -0.487 e. The quantitative estimate of drug-likeness (QED) is 0.232. The molecule has 2 heterocycles. The van der Waals surface area contributed by atoms with Gasteiger partial charge in [-0.1, -0.05) is 51.9 Å². The highest BCUT2D eigenvalue weighted by Crippen LogP contribution is 2.21. The zero-order valence-corrected chi connectivity index (χ0v) is 23.2. The van der Waals surface area contributed by atoms with E-state index in [0.717, 1.165) is 22.5 Å². The van der Waals surface area contributed by atoms with Crippen LogP contribution < -0.4 is 20.1 Å². The van der Waals surface area contributed by atoms with Gasteiger partial charge in [0.25, 0.3) is 0 Å². The van der Waals surface area contributed by atoms with Crippen molar-refractivity contribution in [2.75, 3.05) is 10.6 Å². The van der Waals surface area contributed by atoms with Crippen molar-refractivity contribution in [3.05, 3.63) is 108 Å². The first-order valence-electron chi connectivity index (χ1n) is 13.2. The van der Waals surface area contributed by atoms with Gasteiger partial charge >= 0.3 is 0 Å². The third-order valence-corrected chi connectivity index (χ3v) is 6.03. The predicted octanol–water partition coefficient (Wildman–Crippen LogP) is 3.92. The average molecular weight is 567 g/mol. The second-order valence-corrected chi connectivity index (χ2v) is 9.70. The fourth-order valence-corrected chi connectivity index (χ4v) is 3.90. The maximum absolute atomic E-state index is 12.3. The summed E-state index contributed by atoms with van der Waals surface area (Å²) in [4.78, 5) is 24.6. The molecule has 5 rings (SSSR count). The van der Waals surface area contributed by atoms with Crippen molar-refractivity contribution in [2.45, 2.75) is 40.2 Å². The summed E-state index contributed by atoms with van der Waals surface area (Å²) in [7, 11) is 0. The zero-order chi connectivity index (χ0) is 29.3. The minimum absolute atomic E-state index is 0.0340. The maximum Gasteiger partial charge on any atom is 0.246 e. The minimum atomic E-state index is -0.202. The Kier molecular flexibility index (Phi) is 8.82. The van der Waals surface area contributed by atoms with Gasteiger partial charge in [0, 0.05) is 17.4 Å². The predicted molar refractivity (Wildman–Crippen MR) is 155 cm³/mol. The molecule has 0 bridgehead atoms. The van der Waals surface area contributed by atoms with Crippen molar-refractivity contribution in [1.82, 2.24) is 30.0 Å². The van der Waals surface area contributed by atoms with Gasteiger partial charge in [0.05, 0.1) is 12.4 Å². The fraction of sp³-hybridized carbons (Fsp3) is 0.200. The van der Waals surface area contributed by atoms with Gasteiger partial charge in [-0.2, -0.15) is 0 Å². The molecule has 0 saturated heterocycles. The molecule has 12 heteroatoms. The van der Waals surface area contributed by atoms with Crippen LogP contribution in [0.5, 0.6) is 11.5 Å². The Balaban J connectivity index is 1.06. The van der Waals surface area contributed by atoms with Crippen molar-refractivity contribution in [3.63, 3.8) is 0 Å². The zero-order valence-electron chi connectivity index (χ0n) is 23.2. The van der Waals surface area contributed by atoms with Gasteiger partial charge in [-0.3, -0.25) is 9.59 Å². The number of rotatable bonds is 12. The van der Waals surface area contributed by atoms with Crippen LogP contribution >= 0.6 is 0 Å². The number of ether oxygens (including phenoxy) is 2. The number of hydrogen-bond acceptors (Lipinski definition) is 8. The Hall–Kier alpha value is -5.52. The highest BCUT2D eigenvalue weighted by atomic mass is 16.5. The third kappa shape index (κ3) is 8.24. The lowest BCUT2D eigenvalue weighted by Crippen LogP contribution is -2.19. The largest absolute Gasteiger partial charge is 0.487 e. The molecule has 0 radical (unpaired) electrons. The maximum atomic E-state index is 12.3. The van der Waals surface area contributed by atoms with Gasteiger partial charge in [0.1, 0.15) is 49.2 Å². The van der Waals surface area contributed by atoms with Crippen molar-refractivity contribution in [2.24, 2.45) is 0 Å². The summed E-state index contributed by atoms with van der Waals surface area (Å²) < 4.78 is 14.6. The topological polar surface area (TPSA) is 138 Å². The molecule has 42 heavy (non-hydrogen) atoms. The fourth-order valence-electron chi connectivity index (χ4n) is 3.90. The Labute approximate surface area is 242 Å². The van der Waals surface area contributed by atoms with Crippen LogP contribution in [0.25, 0.3) is 0 Å². The van der Waals surface area contributed by atoms with Gasteiger partial charge < -0.3 is 20.1 Å². The van der Waals surface area contributed by atoms with E-state index in [9.17, 15) is 9.59 Å².